The molecule has 1 heterocycles. The van der Waals surface area contributed by atoms with Crippen LogP contribution in [0.15, 0.2) is 30.3 Å². The number of nitrogens with one attached hydrogen (secondary N) is 1. The molecular weight excluding hydrogens is 159 g/mol. The van der Waals surface area contributed by atoms with Gasteiger partial charge in [-0.1, -0.05) is 18.2 Å². The van der Waals surface area contributed by atoms with Crippen molar-refractivity contribution in [2.24, 2.45) is 0 Å². The van der Waals surface area contributed by atoms with Gasteiger partial charge < -0.3 is 7.78 Å². The molecule has 0 atom stereocenters. The van der Waals surface area contributed by atoms with Crippen molar-refractivity contribution in [3.05, 3.63) is 30.3 Å². The van der Waals surface area contributed by atoms with Crippen molar-refractivity contribution in [2.75, 3.05) is 5.17 Å². The topological polar surface area (TPSA) is 33.7 Å². The summed E-state index contributed by atoms with van der Waals surface area (Å²) in [7, 11) is 0. The Labute approximate surface area is 71.0 Å². The van der Waals surface area contributed by atoms with Crippen molar-refractivity contribution in [1.82, 2.24) is 5.59 Å². The summed E-state index contributed by atoms with van der Waals surface area (Å²) < 4.78 is 9.97. The van der Waals surface area contributed by atoms with E-state index in [2.05, 4.69) is 5.59 Å². The summed E-state index contributed by atoms with van der Waals surface area (Å²) in [6.45, 7) is 0. The van der Waals surface area contributed by atoms with Gasteiger partial charge >= 0.3 is 15.9 Å². The summed E-state index contributed by atoms with van der Waals surface area (Å²) in [4.78, 5) is 0. The fourth-order valence-electron chi connectivity index (χ4n) is 0.832. The second kappa shape index (κ2) is 3.22. The first-order valence-corrected chi connectivity index (χ1v) is 4.16. The second-order valence-electron chi connectivity index (χ2n) is 2.04. The lowest BCUT2D eigenvalue weighted by Gasteiger charge is -2.15. The minimum absolute atomic E-state index is 0.402. The molecule has 1 fully saturated rings. The first-order chi connectivity index (χ1) is 5.47. The SMILES string of the molecule is c1ccc(N2N[O][Al][O]2)cc1. The molecule has 1 radical (unpaired) electrons. The third-order valence-electron chi connectivity index (χ3n) is 1.32. The molecule has 0 spiro atoms. The largest absolute Gasteiger partial charge is 0.714 e. The highest BCUT2D eigenvalue weighted by Gasteiger charge is 2.16. The van der Waals surface area contributed by atoms with E-state index >= 15 is 0 Å². The van der Waals surface area contributed by atoms with Crippen LogP contribution in [-0.4, -0.2) is 15.9 Å². The average molecular weight is 165 g/mol. The zero-order valence-corrected chi connectivity index (χ0v) is 6.88. The minimum atomic E-state index is -0.402. The maximum atomic E-state index is 5.12. The van der Waals surface area contributed by atoms with E-state index in [1.165, 1.54) is 5.17 Å². The number of para-hydroxylation sites is 1. The van der Waals surface area contributed by atoms with Gasteiger partial charge in [0.2, 0.25) is 0 Å². The molecule has 2 rings (SSSR count). The van der Waals surface area contributed by atoms with Gasteiger partial charge in [0.15, 0.2) is 0 Å². The van der Waals surface area contributed by atoms with Crippen LogP contribution in [-0.2, 0) is 7.78 Å². The molecule has 11 heavy (non-hydrogen) atoms. The molecule has 1 saturated heterocycles. The normalized spacial score (nSPS) is 16.5. The van der Waals surface area contributed by atoms with E-state index in [1.54, 1.807) is 0 Å². The smallest absolute Gasteiger partial charge is 0.380 e. The highest BCUT2D eigenvalue weighted by molar-refractivity contribution is 6.18. The summed E-state index contributed by atoms with van der Waals surface area (Å²) in [5.41, 5.74) is 3.56. The monoisotopic (exact) mass is 165 g/mol. The predicted molar refractivity (Wildman–Crippen MR) is 40.0 cm³/mol. The Morgan fingerprint density at radius 3 is 2.73 bits per heavy atom. The van der Waals surface area contributed by atoms with Crippen LogP contribution in [0.25, 0.3) is 0 Å². The number of nitrogens with zero attached hydrogens (tertiary/aromatic N) is 1. The molecule has 1 N–H and O–H groups in total. The highest BCUT2D eigenvalue weighted by Crippen LogP contribution is 2.12. The van der Waals surface area contributed by atoms with Gasteiger partial charge in [-0.05, 0) is 12.1 Å². The lowest BCUT2D eigenvalue weighted by atomic mass is 10.3. The molecule has 1 aliphatic rings. The summed E-state index contributed by atoms with van der Waals surface area (Å²) in [5.74, 6) is 0. The summed E-state index contributed by atoms with van der Waals surface area (Å²) in [6, 6.07) is 9.69. The van der Waals surface area contributed by atoms with Gasteiger partial charge in [0.1, 0.15) is 0 Å². The van der Waals surface area contributed by atoms with Gasteiger partial charge in [0.05, 0.1) is 5.69 Å². The first kappa shape index (κ1) is 7.10. The summed E-state index contributed by atoms with van der Waals surface area (Å²) >= 11 is -0.402. The van der Waals surface area contributed by atoms with Crippen LogP contribution in [0.1, 0.15) is 0 Å². The lowest BCUT2D eigenvalue weighted by Crippen LogP contribution is -2.28. The Kier molecular flexibility index (Phi) is 2.08. The van der Waals surface area contributed by atoms with E-state index in [-0.39, 0.29) is 0 Å². The van der Waals surface area contributed by atoms with Crippen LogP contribution in [0.3, 0.4) is 0 Å². The van der Waals surface area contributed by atoms with E-state index < -0.39 is 15.9 Å². The molecule has 4 nitrogen and oxygen atoms in total. The quantitative estimate of drug-likeness (QED) is 0.611. The van der Waals surface area contributed by atoms with Crippen molar-refractivity contribution in [3.63, 3.8) is 0 Å². The number of hydrogen-bond acceptors (Lipinski definition) is 4. The van der Waals surface area contributed by atoms with Crippen LogP contribution in [0.5, 0.6) is 0 Å². The molecule has 0 aromatic heterocycles. The van der Waals surface area contributed by atoms with Gasteiger partial charge in [-0.2, -0.15) is 5.17 Å². The second-order valence-corrected chi connectivity index (χ2v) is 2.68. The van der Waals surface area contributed by atoms with Gasteiger partial charge in [0, 0.05) is 0 Å². The Bertz CT molecular complexity index is 225. The fourth-order valence-corrected chi connectivity index (χ4v) is 1.27. The van der Waals surface area contributed by atoms with E-state index in [0.29, 0.717) is 0 Å². The molecule has 0 saturated carbocycles. The Morgan fingerprint density at radius 2 is 2.09 bits per heavy atom. The van der Waals surface area contributed by atoms with Crippen molar-refractivity contribution >= 4 is 21.6 Å². The van der Waals surface area contributed by atoms with Gasteiger partial charge in [-0.25, -0.2) is 0 Å². The zero-order chi connectivity index (χ0) is 7.52. The van der Waals surface area contributed by atoms with Crippen molar-refractivity contribution in [1.29, 1.82) is 0 Å². The number of benzene rings is 1. The van der Waals surface area contributed by atoms with Crippen LogP contribution in [0.4, 0.5) is 5.69 Å². The van der Waals surface area contributed by atoms with E-state index in [4.69, 9.17) is 7.78 Å². The van der Waals surface area contributed by atoms with Gasteiger partial charge in [-0.3, -0.25) is 0 Å². The molecule has 5 heteroatoms. The molecule has 1 aromatic carbocycles. The Balaban J connectivity index is 2.16. The highest BCUT2D eigenvalue weighted by atomic mass is 27.2. The molecule has 55 valence electrons. The fraction of sp³-hybridized carbons (Fsp3) is 0. The summed E-state index contributed by atoms with van der Waals surface area (Å²) in [5, 5.41) is 1.51. The molecule has 0 unspecified atom stereocenters. The van der Waals surface area contributed by atoms with Crippen molar-refractivity contribution in [2.45, 2.75) is 0 Å². The summed E-state index contributed by atoms with van der Waals surface area (Å²) in [6.07, 6.45) is 0. The van der Waals surface area contributed by atoms with Crippen molar-refractivity contribution < 1.29 is 7.78 Å². The number of hydrogen-bond donors (Lipinski definition) is 1. The molecule has 1 aromatic rings. The standard InChI is InChI=1S/C6H6N2O2.Al/c9-7-8(10)6-4-2-1-3-5-6;/h1-5,7H;/q-2;+2. The van der Waals surface area contributed by atoms with E-state index in [0.717, 1.165) is 5.69 Å². The Morgan fingerprint density at radius 1 is 1.27 bits per heavy atom. The zero-order valence-electron chi connectivity index (χ0n) is 5.73. The minimum Gasteiger partial charge on any atom is -0.380 e. The first-order valence-electron chi connectivity index (χ1n) is 3.22. The third-order valence-corrected chi connectivity index (χ3v) is 1.82. The van der Waals surface area contributed by atoms with Gasteiger partial charge in [-0.15, -0.1) is 5.59 Å². The average Bonchev–Trinajstić information content (AvgIpc) is 2.58. The lowest BCUT2D eigenvalue weighted by molar-refractivity contribution is 0.198. The number of rotatable bonds is 1. The van der Waals surface area contributed by atoms with Crippen LogP contribution in [0, 0.1) is 0 Å². The van der Waals surface area contributed by atoms with Crippen LogP contribution in [0.2, 0.25) is 0 Å². The Hall–Kier alpha value is -0.568. The maximum absolute atomic E-state index is 5.12. The van der Waals surface area contributed by atoms with Crippen molar-refractivity contribution in [3.8, 4) is 0 Å². The predicted octanol–water partition coefficient (Wildman–Crippen LogP) is 0.409. The van der Waals surface area contributed by atoms with Gasteiger partial charge in [0.25, 0.3) is 0 Å². The third kappa shape index (κ3) is 1.53. The maximum Gasteiger partial charge on any atom is 0.714 e. The van der Waals surface area contributed by atoms with E-state index in [9.17, 15) is 0 Å². The van der Waals surface area contributed by atoms with Crippen LogP contribution < -0.4 is 10.8 Å². The number of anilines is 1. The molecule has 0 amide bonds. The molecule has 0 aliphatic carbocycles. The number of hydrazine groups is 1. The molecular formula is C6H6AlN2O2. The molecule has 0 bridgehead atoms. The van der Waals surface area contributed by atoms with E-state index in [1.807, 2.05) is 30.3 Å². The molecule has 1 aliphatic heterocycles. The van der Waals surface area contributed by atoms with Crippen LogP contribution >= 0.6 is 0 Å².